The Morgan fingerprint density at radius 3 is 2.80 bits per heavy atom. The van der Waals surface area contributed by atoms with Gasteiger partial charge < -0.3 is 5.32 Å². The number of rotatable bonds is 4. The van der Waals surface area contributed by atoms with Gasteiger partial charge in [0.2, 0.25) is 0 Å². The third kappa shape index (κ3) is 3.87. The molecule has 1 aromatic carbocycles. The first kappa shape index (κ1) is 12.6. The Hall–Kier alpha value is -0.480. The van der Waals surface area contributed by atoms with Gasteiger partial charge in [-0.1, -0.05) is 12.1 Å². The van der Waals surface area contributed by atoms with Gasteiger partial charge in [-0.05, 0) is 41.2 Å². The van der Waals surface area contributed by atoms with Gasteiger partial charge in [0.25, 0.3) is 5.91 Å². The van der Waals surface area contributed by atoms with Gasteiger partial charge in [0.15, 0.2) is 0 Å². The molecule has 4 heteroatoms. The molecule has 1 unspecified atom stereocenters. The molecular formula is C11H14BrNOS. The first-order valence-corrected chi connectivity index (χ1v) is 6.88. The van der Waals surface area contributed by atoms with Gasteiger partial charge in [0.05, 0.1) is 5.56 Å². The highest BCUT2D eigenvalue weighted by atomic mass is 79.9. The third-order valence-corrected chi connectivity index (χ3v) is 3.44. The number of hydrogen-bond acceptors (Lipinski definition) is 2. The summed E-state index contributed by atoms with van der Waals surface area (Å²) >= 11 is 5.08. The predicted molar refractivity (Wildman–Crippen MR) is 69.5 cm³/mol. The molecule has 0 aliphatic carbocycles. The van der Waals surface area contributed by atoms with E-state index in [2.05, 4.69) is 21.2 Å². The Morgan fingerprint density at radius 1 is 1.53 bits per heavy atom. The lowest BCUT2D eigenvalue weighted by molar-refractivity contribution is 0.0943. The van der Waals surface area contributed by atoms with Crippen molar-refractivity contribution in [2.75, 3.05) is 12.0 Å². The van der Waals surface area contributed by atoms with Gasteiger partial charge in [-0.2, -0.15) is 11.8 Å². The maximum atomic E-state index is 11.8. The summed E-state index contributed by atoms with van der Waals surface area (Å²) in [6, 6.07) is 7.63. The van der Waals surface area contributed by atoms with E-state index in [0.717, 1.165) is 10.2 Å². The van der Waals surface area contributed by atoms with E-state index in [1.807, 2.05) is 37.4 Å². The van der Waals surface area contributed by atoms with Gasteiger partial charge in [0.1, 0.15) is 0 Å². The number of amides is 1. The number of hydrogen-bond donors (Lipinski definition) is 1. The van der Waals surface area contributed by atoms with Crippen molar-refractivity contribution in [1.82, 2.24) is 5.32 Å². The van der Waals surface area contributed by atoms with Crippen LogP contribution < -0.4 is 5.32 Å². The fourth-order valence-electron chi connectivity index (χ4n) is 1.24. The molecule has 0 bridgehead atoms. The van der Waals surface area contributed by atoms with Crippen molar-refractivity contribution in [3.05, 3.63) is 34.3 Å². The Labute approximate surface area is 103 Å². The summed E-state index contributed by atoms with van der Waals surface area (Å²) in [6.07, 6.45) is 2.03. The van der Waals surface area contributed by atoms with E-state index >= 15 is 0 Å². The number of halogens is 1. The van der Waals surface area contributed by atoms with Crippen LogP contribution in [-0.2, 0) is 0 Å². The lowest BCUT2D eigenvalue weighted by atomic mass is 10.2. The quantitative estimate of drug-likeness (QED) is 0.923. The second-order valence-corrected chi connectivity index (χ2v) is 5.07. The van der Waals surface area contributed by atoms with Gasteiger partial charge in [0, 0.05) is 16.3 Å². The van der Waals surface area contributed by atoms with E-state index < -0.39 is 0 Å². The van der Waals surface area contributed by atoms with Crippen LogP contribution in [0.3, 0.4) is 0 Å². The summed E-state index contributed by atoms with van der Waals surface area (Å²) in [7, 11) is 0. The van der Waals surface area contributed by atoms with E-state index in [-0.39, 0.29) is 11.9 Å². The highest BCUT2D eigenvalue weighted by molar-refractivity contribution is 9.10. The minimum Gasteiger partial charge on any atom is -0.349 e. The average molecular weight is 288 g/mol. The lowest BCUT2D eigenvalue weighted by Crippen LogP contribution is -2.34. The monoisotopic (exact) mass is 287 g/mol. The van der Waals surface area contributed by atoms with Crippen LogP contribution in [0.15, 0.2) is 28.7 Å². The third-order valence-electron chi connectivity index (χ3n) is 1.91. The molecular weight excluding hydrogens is 274 g/mol. The predicted octanol–water partition coefficient (Wildman–Crippen LogP) is 2.93. The summed E-state index contributed by atoms with van der Waals surface area (Å²) < 4.78 is 0.832. The van der Waals surface area contributed by atoms with Gasteiger partial charge in [-0.3, -0.25) is 4.79 Å². The standard InChI is InChI=1S/C11H14BrNOS/c1-8(7-15-2)13-11(14)9-5-3-4-6-10(9)12/h3-6,8H,7H2,1-2H3,(H,13,14). The van der Waals surface area contributed by atoms with Crippen LogP contribution in [-0.4, -0.2) is 24.0 Å². The number of nitrogens with one attached hydrogen (secondary N) is 1. The van der Waals surface area contributed by atoms with Crippen molar-refractivity contribution in [2.24, 2.45) is 0 Å². The molecule has 0 heterocycles. The molecule has 2 nitrogen and oxygen atoms in total. The molecule has 82 valence electrons. The molecule has 1 atom stereocenters. The zero-order chi connectivity index (χ0) is 11.3. The zero-order valence-electron chi connectivity index (χ0n) is 8.79. The van der Waals surface area contributed by atoms with Gasteiger partial charge in [-0.15, -0.1) is 0 Å². The molecule has 1 amide bonds. The maximum absolute atomic E-state index is 11.8. The number of thioether (sulfide) groups is 1. The molecule has 0 aliphatic rings. The second-order valence-electron chi connectivity index (χ2n) is 3.31. The first-order valence-electron chi connectivity index (χ1n) is 4.69. The first-order chi connectivity index (χ1) is 7.15. The van der Waals surface area contributed by atoms with Crippen LogP contribution in [0.1, 0.15) is 17.3 Å². The minimum atomic E-state index is -0.0241. The second kappa shape index (κ2) is 6.18. The van der Waals surface area contributed by atoms with E-state index in [9.17, 15) is 4.79 Å². The van der Waals surface area contributed by atoms with Crippen LogP contribution in [0.5, 0.6) is 0 Å². The fourth-order valence-corrected chi connectivity index (χ4v) is 2.29. The topological polar surface area (TPSA) is 29.1 Å². The molecule has 1 N–H and O–H groups in total. The Morgan fingerprint density at radius 2 is 2.20 bits per heavy atom. The van der Waals surface area contributed by atoms with E-state index in [0.29, 0.717) is 5.56 Å². The SMILES string of the molecule is CSCC(C)NC(=O)c1ccccc1Br. The molecule has 0 spiro atoms. The molecule has 0 saturated carbocycles. The minimum absolute atomic E-state index is 0.0241. The van der Waals surface area contributed by atoms with Gasteiger partial charge in [-0.25, -0.2) is 0 Å². The van der Waals surface area contributed by atoms with E-state index in [1.165, 1.54) is 0 Å². The van der Waals surface area contributed by atoms with Crippen LogP contribution in [0.25, 0.3) is 0 Å². The summed E-state index contributed by atoms with van der Waals surface area (Å²) in [5, 5.41) is 2.95. The number of carbonyl (C=O) groups excluding carboxylic acids is 1. The summed E-state index contributed by atoms with van der Waals surface area (Å²) in [5.41, 5.74) is 0.686. The van der Waals surface area contributed by atoms with Crippen LogP contribution in [0.2, 0.25) is 0 Å². The lowest BCUT2D eigenvalue weighted by Gasteiger charge is -2.12. The van der Waals surface area contributed by atoms with Crippen LogP contribution in [0, 0.1) is 0 Å². The summed E-state index contributed by atoms with van der Waals surface area (Å²) in [4.78, 5) is 11.8. The van der Waals surface area contributed by atoms with Gasteiger partial charge >= 0.3 is 0 Å². The Balaban J connectivity index is 2.65. The molecule has 0 aliphatic heterocycles. The molecule has 0 saturated heterocycles. The average Bonchev–Trinajstić information content (AvgIpc) is 2.18. The van der Waals surface area contributed by atoms with Crippen LogP contribution >= 0.6 is 27.7 Å². The molecule has 0 radical (unpaired) electrons. The van der Waals surface area contributed by atoms with E-state index in [1.54, 1.807) is 11.8 Å². The van der Waals surface area contributed by atoms with Crippen LogP contribution in [0.4, 0.5) is 0 Å². The molecule has 15 heavy (non-hydrogen) atoms. The Bertz CT molecular complexity index is 343. The van der Waals surface area contributed by atoms with Crippen molar-refractivity contribution in [3.8, 4) is 0 Å². The van der Waals surface area contributed by atoms with Crippen molar-refractivity contribution < 1.29 is 4.79 Å². The molecule has 0 aromatic heterocycles. The van der Waals surface area contributed by atoms with E-state index in [4.69, 9.17) is 0 Å². The number of carbonyl (C=O) groups is 1. The smallest absolute Gasteiger partial charge is 0.252 e. The Kier molecular flexibility index (Phi) is 5.19. The highest BCUT2D eigenvalue weighted by Gasteiger charge is 2.11. The van der Waals surface area contributed by atoms with Crippen molar-refractivity contribution in [3.63, 3.8) is 0 Å². The summed E-state index contributed by atoms with van der Waals surface area (Å²) in [5.74, 6) is 0.903. The molecule has 1 aromatic rings. The van der Waals surface area contributed by atoms with Crippen molar-refractivity contribution in [2.45, 2.75) is 13.0 Å². The molecule has 0 fully saturated rings. The zero-order valence-corrected chi connectivity index (χ0v) is 11.2. The maximum Gasteiger partial charge on any atom is 0.252 e. The summed E-state index contributed by atoms with van der Waals surface area (Å²) in [6.45, 7) is 2.01. The highest BCUT2D eigenvalue weighted by Crippen LogP contribution is 2.15. The van der Waals surface area contributed by atoms with Crippen molar-refractivity contribution in [1.29, 1.82) is 0 Å². The normalized spacial score (nSPS) is 12.2. The van der Waals surface area contributed by atoms with Crippen molar-refractivity contribution >= 4 is 33.6 Å². The largest absolute Gasteiger partial charge is 0.349 e. The number of benzene rings is 1. The fraction of sp³-hybridized carbons (Fsp3) is 0.364. The molecule has 1 rings (SSSR count).